The van der Waals surface area contributed by atoms with Gasteiger partial charge in [0.1, 0.15) is 6.33 Å². The van der Waals surface area contributed by atoms with E-state index < -0.39 is 0 Å². The molecule has 0 aliphatic carbocycles. The van der Waals surface area contributed by atoms with E-state index >= 15 is 0 Å². The summed E-state index contributed by atoms with van der Waals surface area (Å²) in [6, 6.07) is 3.34. The van der Waals surface area contributed by atoms with Gasteiger partial charge in [-0.3, -0.25) is 0 Å². The molecule has 0 fully saturated rings. The van der Waals surface area contributed by atoms with Crippen molar-refractivity contribution in [3.63, 3.8) is 0 Å². The number of hydrogen-bond donors (Lipinski definition) is 3. The Labute approximate surface area is 117 Å². The number of ether oxygens (including phenoxy) is 1. The number of nitrogens with two attached hydrogens (primary N) is 1. The van der Waals surface area contributed by atoms with Crippen LogP contribution >= 0.6 is 15.9 Å². The quantitative estimate of drug-likeness (QED) is 0.437. The van der Waals surface area contributed by atoms with Gasteiger partial charge >= 0.3 is 0 Å². The number of hydrogen-bond acceptors (Lipinski definition) is 7. The first-order chi connectivity index (χ1) is 9.11. The molecule has 0 aliphatic rings. The molecule has 0 saturated heterocycles. The molecule has 0 bridgehead atoms. The standard InChI is InChI=1S/C10H11BrN6O2/c1-19-8-3-7(11)2-6(9(8)18)4-13-15-10-16-14-5-17(10)12/h2-5,18H,12H2,1H3,(H,15,16)/b13-4-. The number of rotatable bonds is 4. The zero-order valence-electron chi connectivity index (χ0n) is 9.91. The van der Waals surface area contributed by atoms with Crippen LogP contribution in [0.1, 0.15) is 5.56 Å². The molecule has 1 aromatic heterocycles. The summed E-state index contributed by atoms with van der Waals surface area (Å²) in [6.45, 7) is 0. The number of benzene rings is 1. The van der Waals surface area contributed by atoms with Crippen molar-refractivity contribution < 1.29 is 9.84 Å². The Hall–Kier alpha value is -2.29. The molecule has 0 atom stereocenters. The molecule has 0 amide bonds. The Bertz CT molecular complexity index is 612. The third-order valence-electron chi connectivity index (χ3n) is 2.23. The summed E-state index contributed by atoms with van der Waals surface area (Å²) in [5.74, 6) is 6.11. The second-order valence-corrected chi connectivity index (χ2v) is 4.39. The van der Waals surface area contributed by atoms with Gasteiger partial charge in [-0.2, -0.15) is 5.10 Å². The number of methoxy groups -OCH3 is 1. The minimum absolute atomic E-state index is 0.00883. The van der Waals surface area contributed by atoms with Crippen LogP contribution in [0.15, 0.2) is 28.0 Å². The van der Waals surface area contributed by atoms with Crippen LogP contribution in [0.2, 0.25) is 0 Å². The Morgan fingerprint density at radius 3 is 3.00 bits per heavy atom. The van der Waals surface area contributed by atoms with Crippen molar-refractivity contribution in [1.29, 1.82) is 0 Å². The van der Waals surface area contributed by atoms with Crippen molar-refractivity contribution in [1.82, 2.24) is 14.9 Å². The lowest BCUT2D eigenvalue weighted by molar-refractivity contribution is 0.373. The zero-order valence-corrected chi connectivity index (χ0v) is 11.5. The summed E-state index contributed by atoms with van der Waals surface area (Å²) in [6.07, 6.45) is 2.74. The molecule has 0 saturated carbocycles. The maximum absolute atomic E-state index is 9.90. The van der Waals surface area contributed by atoms with E-state index in [1.165, 1.54) is 24.3 Å². The minimum Gasteiger partial charge on any atom is -0.504 e. The van der Waals surface area contributed by atoms with Crippen molar-refractivity contribution in [3.8, 4) is 11.5 Å². The molecule has 1 heterocycles. The van der Waals surface area contributed by atoms with Crippen LogP contribution < -0.4 is 16.0 Å². The summed E-state index contributed by atoms with van der Waals surface area (Å²) in [4.78, 5) is 0. The van der Waals surface area contributed by atoms with E-state index in [2.05, 4.69) is 36.7 Å². The molecule has 100 valence electrons. The molecule has 1 aromatic carbocycles. The Kier molecular flexibility index (Phi) is 3.85. The van der Waals surface area contributed by atoms with Crippen LogP contribution in [0.5, 0.6) is 11.5 Å². The van der Waals surface area contributed by atoms with Crippen LogP contribution in [0.4, 0.5) is 5.95 Å². The molecule has 4 N–H and O–H groups in total. The van der Waals surface area contributed by atoms with Gasteiger partial charge in [0.15, 0.2) is 11.5 Å². The van der Waals surface area contributed by atoms with Crippen molar-refractivity contribution in [2.75, 3.05) is 18.4 Å². The van der Waals surface area contributed by atoms with Crippen LogP contribution in [0.25, 0.3) is 0 Å². The van der Waals surface area contributed by atoms with Gasteiger partial charge in [-0.15, -0.1) is 10.2 Å². The lowest BCUT2D eigenvalue weighted by atomic mass is 10.2. The first kappa shape index (κ1) is 13.1. The predicted octanol–water partition coefficient (Wildman–Crippen LogP) is 0.915. The summed E-state index contributed by atoms with van der Waals surface area (Å²) >= 11 is 3.31. The van der Waals surface area contributed by atoms with Crippen molar-refractivity contribution in [2.24, 2.45) is 5.10 Å². The van der Waals surface area contributed by atoms with Gasteiger partial charge in [-0.25, -0.2) is 10.1 Å². The SMILES string of the molecule is COc1cc(Br)cc(/C=N\Nc2nncn2N)c1O. The van der Waals surface area contributed by atoms with Gasteiger partial charge in [-0.1, -0.05) is 15.9 Å². The molecule has 0 radical (unpaired) electrons. The fourth-order valence-electron chi connectivity index (χ4n) is 1.33. The number of aromatic nitrogens is 3. The molecule has 9 heteroatoms. The van der Waals surface area contributed by atoms with E-state index in [9.17, 15) is 5.11 Å². The normalized spacial score (nSPS) is 10.8. The number of nitrogens with zero attached hydrogens (tertiary/aromatic N) is 4. The molecule has 0 spiro atoms. The second kappa shape index (κ2) is 5.57. The van der Waals surface area contributed by atoms with E-state index in [0.29, 0.717) is 11.3 Å². The van der Waals surface area contributed by atoms with Crippen LogP contribution in [-0.2, 0) is 0 Å². The van der Waals surface area contributed by atoms with E-state index in [1.54, 1.807) is 12.1 Å². The number of anilines is 1. The number of hydrazone groups is 1. The van der Waals surface area contributed by atoms with Crippen molar-refractivity contribution in [3.05, 3.63) is 28.5 Å². The highest BCUT2D eigenvalue weighted by molar-refractivity contribution is 9.10. The molecular weight excluding hydrogens is 316 g/mol. The monoisotopic (exact) mass is 326 g/mol. The third-order valence-corrected chi connectivity index (χ3v) is 2.69. The topological polar surface area (TPSA) is 111 Å². The lowest BCUT2D eigenvalue weighted by Gasteiger charge is -2.06. The fraction of sp³-hybridized carbons (Fsp3) is 0.100. The van der Waals surface area contributed by atoms with Crippen LogP contribution in [0, 0.1) is 0 Å². The predicted molar refractivity (Wildman–Crippen MR) is 73.7 cm³/mol. The molecule has 2 rings (SSSR count). The number of phenols is 1. The summed E-state index contributed by atoms with van der Waals surface area (Å²) < 4.78 is 6.96. The maximum Gasteiger partial charge on any atom is 0.263 e. The van der Waals surface area contributed by atoms with E-state index in [4.69, 9.17) is 10.6 Å². The molecule has 2 aromatic rings. The van der Waals surface area contributed by atoms with Crippen molar-refractivity contribution >= 4 is 28.1 Å². The second-order valence-electron chi connectivity index (χ2n) is 3.48. The fourth-order valence-corrected chi connectivity index (χ4v) is 1.79. The summed E-state index contributed by atoms with van der Waals surface area (Å²) in [7, 11) is 1.47. The first-order valence-electron chi connectivity index (χ1n) is 5.12. The highest BCUT2D eigenvalue weighted by Crippen LogP contribution is 2.32. The minimum atomic E-state index is -0.00883. The molecule has 19 heavy (non-hydrogen) atoms. The Morgan fingerprint density at radius 1 is 1.58 bits per heavy atom. The maximum atomic E-state index is 9.90. The number of nitrogens with one attached hydrogen (secondary N) is 1. The van der Waals surface area contributed by atoms with Crippen molar-refractivity contribution in [2.45, 2.75) is 0 Å². The summed E-state index contributed by atoms with van der Waals surface area (Å²) in [5, 5.41) is 21.1. The van der Waals surface area contributed by atoms with Gasteiger partial charge < -0.3 is 15.7 Å². The third kappa shape index (κ3) is 2.94. The van der Waals surface area contributed by atoms with Gasteiger partial charge in [0.2, 0.25) is 0 Å². The van der Waals surface area contributed by atoms with Crippen LogP contribution in [-0.4, -0.2) is 33.3 Å². The molecule has 0 unspecified atom stereocenters. The Morgan fingerprint density at radius 2 is 2.37 bits per heavy atom. The number of aromatic hydroxyl groups is 1. The average molecular weight is 327 g/mol. The molecular formula is C10H11BrN6O2. The average Bonchev–Trinajstić information content (AvgIpc) is 2.79. The van der Waals surface area contributed by atoms with E-state index in [-0.39, 0.29) is 11.7 Å². The molecule has 8 nitrogen and oxygen atoms in total. The number of nitrogen functional groups attached to an aromatic ring is 1. The largest absolute Gasteiger partial charge is 0.504 e. The lowest BCUT2D eigenvalue weighted by Crippen LogP contribution is -2.10. The summed E-state index contributed by atoms with van der Waals surface area (Å²) in [5.41, 5.74) is 3.07. The van der Waals surface area contributed by atoms with Crippen LogP contribution in [0.3, 0.4) is 0 Å². The molecule has 0 aliphatic heterocycles. The van der Waals surface area contributed by atoms with Gasteiger partial charge in [0.25, 0.3) is 5.95 Å². The first-order valence-corrected chi connectivity index (χ1v) is 5.91. The zero-order chi connectivity index (χ0) is 13.8. The van der Waals surface area contributed by atoms with E-state index in [0.717, 1.165) is 4.47 Å². The number of phenolic OH excluding ortho intramolecular Hbond substituents is 1. The number of halogens is 1. The van der Waals surface area contributed by atoms with Gasteiger partial charge in [0.05, 0.1) is 13.3 Å². The highest BCUT2D eigenvalue weighted by atomic mass is 79.9. The van der Waals surface area contributed by atoms with E-state index in [1.807, 2.05) is 0 Å². The van der Waals surface area contributed by atoms with Gasteiger partial charge in [-0.05, 0) is 12.1 Å². The Balaban J connectivity index is 2.19. The highest BCUT2D eigenvalue weighted by Gasteiger charge is 2.08. The van der Waals surface area contributed by atoms with Gasteiger partial charge in [0, 0.05) is 10.0 Å². The smallest absolute Gasteiger partial charge is 0.263 e.